The Hall–Kier alpha value is -1.35. The summed E-state index contributed by atoms with van der Waals surface area (Å²) in [7, 11) is 1.63. The van der Waals surface area contributed by atoms with Gasteiger partial charge < -0.3 is 20.7 Å². The lowest BCUT2D eigenvalue weighted by Crippen LogP contribution is -2.38. The maximum atomic E-state index is 11.5. The maximum absolute atomic E-state index is 11.5. The van der Waals surface area contributed by atoms with Crippen molar-refractivity contribution in [3.05, 3.63) is 35.4 Å². The molecular weight excluding hydrogens is 419 g/mol. The molecule has 0 bridgehead atoms. The van der Waals surface area contributed by atoms with Crippen LogP contribution in [0.1, 0.15) is 36.2 Å². The molecule has 0 heterocycles. The van der Waals surface area contributed by atoms with Gasteiger partial charge in [0.05, 0.1) is 6.54 Å². The smallest absolute Gasteiger partial charge is 0.251 e. The van der Waals surface area contributed by atoms with Crippen molar-refractivity contribution in [2.45, 2.75) is 26.8 Å². The molecule has 3 N–H and O–H groups in total. The van der Waals surface area contributed by atoms with Crippen LogP contribution in [0.15, 0.2) is 29.3 Å². The monoisotopic (exact) mass is 448 g/mol. The standard InChI is InChI=1S/C17H28N4O2.HI/c1-4-19-17(20-11-6-12-23-5-2)21-13-14-7-9-15(10-8-14)16(22)18-3;/h7-10H,4-6,11-13H2,1-3H3,(H,18,22)(H2,19,20,21);1H. The Bertz CT molecular complexity index is 492. The minimum atomic E-state index is -0.0793. The van der Waals surface area contributed by atoms with Crippen LogP contribution in [0.4, 0.5) is 0 Å². The predicted molar refractivity (Wildman–Crippen MR) is 109 cm³/mol. The van der Waals surface area contributed by atoms with E-state index in [0.29, 0.717) is 12.1 Å². The number of hydrogen-bond donors (Lipinski definition) is 3. The van der Waals surface area contributed by atoms with Crippen LogP contribution in [0.2, 0.25) is 0 Å². The Labute approximate surface area is 161 Å². The number of ether oxygens (including phenoxy) is 1. The second kappa shape index (κ2) is 14.0. The number of guanidine groups is 1. The summed E-state index contributed by atoms with van der Waals surface area (Å²) in [6.45, 7) is 7.73. The molecule has 24 heavy (non-hydrogen) atoms. The zero-order valence-electron chi connectivity index (χ0n) is 14.7. The van der Waals surface area contributed by atoms with Crippen LogP contribution in [0, 0.1) is 0 Å². The molecular formula is C17H29IN4O2. The highest BCUT2D eigenvalue weighted by Crippen LogP contribution is 2.05. The first kappa shape index (κ1) is 22.6. The number of nitrogens with zero attached hydrogens (tertiary/aromatic N) is 1. The number of benzene rings is 1. The lowest BCUT2D eigenvalue weighted by molar-refractivity contribution is 0.0963. The molecule has 0 unspecified atom stereocenters. The van der Waals surface area contributed by atoms with E-state index < -0.39 is 0 Å². The first-order chi connectivity index (χ1) is 11.2. The number of carbonyl (C=O) groups excluding carboxylic acids is 1. The second-order valence-electron chi connectivity index (χ2n) is 4.95. The molecule has 0 saturated heterocycles. The van der Waals surface area contributed by atoms with Crippen LogP contribution in [-0.2, 0) is 11.3 Å². The molecule has 0 aliphatic carbocycles. The van der Waals surface area contributed by atoms with Crippen LogP contribution >= 0.6 is 24.0 Å². The van der Waals surface area contributed by atoms with Gasteiger partial charge in [0, 0.05) is 38.9 Å². The van der Waals surface area contributed by atoms with Crippen molar-refractivity contribution in [3.63, 3.8) is 0 Å². The molecule has 136 valence electrons. The van der Waals surface area contributed by atoms with Gasteiger partial charge in [0.15, 0.2) is 5.96 Å². The summed E-state index contributed by atoms with van der Waals surface area (Å²) in [5.41, 5.74) is 1.71. The van der Waals surface area contributed by atoms with Crippen molar-refractivity contribution in [2.75, 3.05) is 33.4 Å². The van der Waals surface area contributed by atoms with Crippen LogP contribution in [0.5, 0.6) is 0 Å². The van der Waals surface area contributed by atoms with Gasteiger partial charge in [-0.15, -0.1) is 24.0 Å². The number of aliphatic imine (C=N–C) groups is 1. The Morgan fingerprint density at radius 3 is 2.46 bits per heavy atom. The van der Waals surface area contributed by atoms with Crippen LogP contribution in [-0.4, -0.2) is 45.2 Å². The third-order valence-corrected chi connectivity index (χ3v) is 3.17. The summed E-state index contributed by atoms with van der Waals surface area (Å²) in [6.07, 6.45) is 0.944. The normalized spacial score (nSPS) is 10.7. The van der Waals surface area contributed by atoms with Crippen LogP contribution in [0.25, 0.3) is 0 Å². The van der Waals surface area contributed by atoms with Gasteiger partial charge in [0.1, 0.15) is 0 Å². The fourth-order valence-electron chi connectivity index (χ4n) is 1.94. The van der Waals surface area contributed by atoms with Gasteiger partial charge in [-0.2, -0.15) is 0 Å². The number of nitrogens with one attached hydrogen (secondary N) is 3. The van der Waals surface area contributed by atoms with E-state index in [-0.39, 0.29) is 29.9 Å². The highest BCUT2D eigenvalue weighted by Gasteiger charge is 2.02. The first-order valence-electron chi connectivity index (χ1n) is 8.12. The van der Waals surface area contributed by atoms with E-state index >= 15 is 0 Å². The second-order valence-corrected chi connectivity index (χ2v) is 4.95. The fraction of sp³-hybridized carbons (Fsp3) is 0.529. The molecule has 0 aliphatic rings. The zero-order valence-corrected chi connectivity index (χ0v) is 17.1. The van der Waals surface area contributed by atoms with E-state index in [2.05, 4.69) is 20.9 Å². The summed E-state index contributed by atoms with van der Waals surface area (Å²) >= 11 is 0. The first-order valence-corrected chi connectivity index (χ1v) is 8.12. The zero-order chi connectivity index (χ0) is 16.9. The van der Waals surface area contributed by atoms with Crippen molar-refractivity contribution in [3.8, 4) is 0 Å². The van der Waals surface area contributed by atoms with Crippen molar-refractivity contribution < 1.29 is 9.53 Å². The molecule has 1 amide bonds. The minimum absolute atomic E-state index is 0. The van der Waals surface area contributed by atoms with Gasteiger partial charge in [-0.05, 0) is 38.0 Å². The molecule has 0 aromatic heterocycles. The van der Waals surface area contributed by atoms with Gasteiger partial charge in [0.2, 0.25) is 0 Å². The number of halogens is 1. The highest BCUT2D eigenvalue weighted by molar-refractivity contribution is 14.0. The lowest BCUT2D eigenvalue weighted by atomic mass is 10.1. The van der Waals surface area contributed by atoms with E-state index in [9.17, 15) is 4.79 Å². The molecule has 0 atom stereocenters. The lowest BCUT2D eigenvalue weighted by Gasteiger charge is -2.11. The van der Waals surface area contributed by atoms with E-state index in [1.54, 1.807) is 7.05 Å². The Morgan fingerprint density at radius 2 is 1.88 bits per heavy atom. The Kier molecular flexibility index (Phi) is 13.2. The number of carbonyl (C=O) groups is 1. The molecule has 0 aliphatic heterocycles. The topological polar surface area (TPSA) is 74.8 Å². The molecule has 0 spiro atoms. The average Bonchev–Trinajstić information content (AvgIpc) is 2.59. The van der Waals surface area contributed by atoms with E-state index in [4.69, 9.17) is 4.74 Å². The molecule has 0 radical (unpaired) electrons. The van der Waals surface area contributed by atoms with Crippen molar-refractivity contribution in [2.24, 2.45) is 4.99 Å². The van der Waals surface area contributed by atoms with Gasteiger partial charge in [-0.3, -0.25) is 4.79 Å². The summed E-state index contributed by atoms with van der Waals surface area (Å²) in [6, 6.07) is 7.47. The molecule has 6 nitrogen and oxygen atoms in total. The Morgan fingerprint density at radius 1 is 1.17 bits per heavy atom. The predicted octanol–water partition coefficient (Wildman–Crippen LogP) is 2.15. The van der Waals surface area contributed by atoms with Gasteiger partial charge >= 0.3 is 0 Å². The summed E-state index contributed by atoms with van der Waals surface area (Å²) < 4.78 is 5.31. The van der Waals surface area contributed by atoms with Crippen molar-refractivity contribution >= 4 is 35.8 Å². The summed E-state index contributed by atoms with van der Waals surface area (Å²) in [4.78, 5) is 16.0. The van der Waals surface area contributed by atoms with Gasteiger partial charge in [-0.25, -0.2) is 4.99 Å². The Balaban J connectivity index is 0.00000529. The van der Waals surface area contributed by atoms with Gasteiger partial charge in [-0.1, -0.05) is 12.1 Å². The molecule has 7 heteroatoms. The minimum Gasteiger partial charge on any atom is -0.382 e. The third kappa shape index (κ3) is 9.07. The molecule has 1 rings (SSSR count). The highest BCUT2D eigenvalue weighted by atomic mass is 127. The third-order valence-electron chi connectivity index (χ3n) is 3.17. The number of amides is 1. The van der Waals surface area contributed by atoms with Crippen LogP contribution in [0.3, 0.4) is 0 Å². The van der Waals surface area contributed by atoms with Crippen molar-refractivity contribution in [1.82, 2.24) is 16.0 Å². The quantitative estimate of drug-likeness (QED) is 0.234. The molecule has 1 aromatic carbocycles. The van der Waals surface area contributed by atoms with Crippen molar-refractivity contribution in [1.29, 1.82) is 0 Å². The average molecular weight is 448 g/mol. The van der Waals surface area contributed by atoms with Gasteiger partial charge in [0.25, 0.3) is 5.91 Å². The number of rotatable bonds is 9. The molecule has 0 saturated carbocycles. The maximum Gasteiger partial charge on any atom is 0.251 e. The van der Waals surface area contributed by atoms with E-state index in [1.165, 1.54) is 0 Å². The largest absolute Gasteiger partial charge is 0.382 e. The summed E-state index contributed by atoms with van der Waals surface area (Å²) in [5.74, 6) is 0.712. The molecule has 1 aromatic rings. The van der Waals surface area contributed by atoms with Crippen LogP contribution < -0.4 is 16.0 Å². The molecule has 0 fully saturated rings. The fourth-order valence-corrected chi connectivity index (χ4v) is 1.94. The number of hydrogen-bond acceptors (Lipinski definition) is 3. The van der Waals surface area contributed by atoms with E-state index in [1.807, 2.05) is 38.1 Å². The SMILES string of the molecule is CCNC(=NCc1ccc(C(=O)NC)cc1)NCCCOCC.I. The van der Waals surface area contributed by atoms with E-state index in [0.717, 1.165) is 44.2 Å². The summed E-state index contributed by atoms with van der Waals surface area (Å²) in [5, 5.41) is 9.11.